The number of hydrogen-bond acceptors (Lipinski definition) is 3. The quantitative estimate of drug-likeness (QED) is 0.224. The number of rotatable bonds is 7. The smallest absolute Gasteiger partial charge is 0.235 e. The lowest BCUT2D eigenvalue weighted by Crippen LogP contribution is -2.41. The first-order valence-electron chi connectivity index (χ1n) is 12.7. The zero-order valence-corrected chi connectivity index (χ0v) is 20.9. The highest BCUT2D eigenvalue weighted by molar-refractivity contribution is 6.14. The second-order valence-electron chi connectivity index (χ2n) is 9.23. The third-order valence-electron chi connectivity index (χ3n) is 6.80. The summed E-state index contributed by atoms with van der Waals surface area (Å²) in [5.41, 5.74) is 2.89. The first-order chi connectivity index (χ1) is 18.6. The highest BCUT2D eigenvalue weighted by Crippen LogP contribution is 2.34. The van der Waals surface area contributed by atoms with Gasteiger partial charge < -0.3 is 5.32 Å². The Hall–Kier alpha value is -4.77. The summed E-state index contributed by atoms with van der Waals surface area (Å²) in [4.78, 5) is 42.6. The Bertz CT molecular complexity index is 1410. The average molecular weight is 501 g/mol. The van der Waals surface area contributed by atoms with Crippen LogP contribution in [0.1, 0.15) is 28.8 Å². The van der Waals surface area contributed by atoms with E-state index in [4.69, 9.17) is 0 Å². The van der Waals surface area contributed by atoms with Gasteiger partial charge in [0.2, 0.25) is 11.8 Å². The fourth-order valence-electron chi connectivity index (χ4n) is 4.86. The fraction of sp³-hybridized carbons (Fsp3) is 0.121. The summed E-state index contributed by atoms with van der Waals surface area (Å²) in [6.45, 7) is 0. The van der Waals surface area contributed by atoms with Crippen LogP contribution in [0.3, 0.4) is 0 Å². The van der Waals surface area contributed by atoms with Gasteiger partial charge in [-0.05, 0) is 49.2 Å². The monoisotopic (exact) mass is 500 g/mol. The molecule has 0 spiro atoms. The SMILES string of the molecule is O=C(c1ccccc1)c1ccccc1NC(=O)C1CC=CCC1C(=O)N(c1ccccc1)c1ccccc1. The summed E-state index contributed by atoms with van der Waals surface area (Å²) in [6.07, 6.45) is 4.81. The summed E-state index contributed by atoms with van der Waals surface area (Å²) in [5, 5.41) is 2.97. The highest BCUT2D eigenvalue weighted by Gasteiger charge is 2.37. The van der Waals surface area contributed by atoms with Crippen LogP contribution in [0.25, 0.3) is 0 Å². The van der Waals surface area contributed by atoms with Crippen molar-refractivity contribution in [3.63, 3.8) is 0 Å². The van der Waals surface area contributed by atoms with Crippen LogP contribution in [0.2, 0.25) is 0 Å². The Kier molecular flexibility index (Phi) is 7.55. The van der Waals surface area contributed by atoms with Crippen LogP contribution < -0.4 is 10.2 Å². The predicted molar refractivity (Wildman–Crippen MR) is 150 cm³/mol. The minimum Gasteiger partial charge on any atom is -0.325 e. The van der Waals surface area contributed by atoms with Crippen molar-refractivity contribution in [2.24, 2.45) is 11.8 Å². The number of nitrogens with zero attached hydrogens (tertiary/aromatic N) is 1. The van der Waals surface area contributed by atoms with E-state index in [9.17, 15) is 14.4 Å². The predicted octanol–water partition coefficient (Wildman–Crippen LogP) is 6.80. The maximum Gasteiger partial charge on any atom is 0.235 e. The van der Waals surface area contributed by atoms with E-state index in [0.717, 1.165) is 11.4 Å². The van der Waals surface area contributed by atoms with Crippen LogP contribution in [-0.4, -0.2) is 17.6 Å². The lowest BCUT2D eigenvalue weighted by Gasteiger charge is -2.32. The first-order valence-corrected chi connectivity index (χ1v) is 12.7. The van der Waals surface area contributed by atoms with Gasteiger partial charge in [-0.15, -0.1) is 0 Å². The number of anilines is 3. The van der Waals surface area contributed by atoms with Crippen molar-refractivity contribution in [2.45, 2.75) is 12.8 Å². The molecule has 0 aliphatic heterocycles. The van der Waals surface area contributed by atoms with Crippen molar-refractivity contribution in [3.8, 4) is 0 Å². The van der Waals surface area contributed by atoms with E-state index in [1.54, 1.807) is 41.3 Å². The van der Waals surface area contributed by atoms with Crippen molar-refractivity contribution in [2.75, 3.05) is 10.2 Å². The van der Waals surface area contributed by atoms with Gasteiger partial charge in [-0.25, -0.2) is 0 Å². The van der Waals surface area contributed by atoms with Crippen LogP contribution >= 0.6 is 0 Å². The summed E-state index contributed by atoms with van der Waals surface area (Å²) >= 11 is 0. The molecule has 1 aliphatic rings. The Morgan fingerprint density at radius 2 is 1.11 bits per heavy atom. The summed E-state index contributed by atoms with van der Waals surface area (Å²) in [6, 6.07) is 34.9. The molecule has 188 valence electrons. The number of carbonyl (C=O) groups is 3. The van der Waals surface area contributed by atoms with Gasteiger partial charge >= 0.3 is 0 Å². The standard InChI is InChI=1S/C33H28N2O3/c36-31(24-14-4-1-5-15-24)29-22-12-13-23-30(29)34-32(37)27-20-10-11-21-28(27)33(38)35(25-16-6-2-7-17-25)26-18-8-3-9-19-26/h1-19,22-23,27-28H,20-21H2,(H,34,37). The van der Waals surface area contributed by atoms with E-state index in [1.165, 1.54) is 0 Å². The molecule has 38 heavy (non-hydrogen) atoms. The average Bonchev–Trinajstić information content (AvgIpc) is 2.99. The molecule has 0 bridgehead atoms. The number of hydrogen-bond donors (Lipinski definition) is 1. The Labute approximate surface area is 222 Å². The molecule has 1 aliphatic carbocycles. The fourth-order valence-corrected chi connectivity index (χ4v) is 4.86. The number of para-hydroxylation sites is 3. The molecule has 2 atom stereocenters. The normalized spacial score (nSPS) is 16.4. The van der Waals surface area contributed by atoms with Gasteiger partial charge in [0.15, 0.2) is 5.78 Å². The summed E-state index contributed by atoms with van der Waals surface area (Å²) in [7, 11) is 0. The van der Waals surface area contributed by atoms with E-state index in [2.05, 4.69) is 5.32 Å². The molecule has 4 aromatic rings. The van der Waals surface area contributed by atoms with Gasteiger partial charge in [0.1, 0.15) is 0 Å². The number of nitrogens with one attached hydrogen (secondary N) is 1. The lowest BCUT2D eigenvalue weighted by molar-refractivity contribution is -0.130. The van der Waals surface area contributed by atoms with Crippen LogP contribution in [0, 0.1) is 11.8 Å². The van der Waals surface area contributed by atoms with E-state index in [1.807, 2.05) is 91.0 Å². The van der Waals surface area contributed by atoms with Crippen LogP contribution in [0.4, 0.5) is 17.1 Å². The molecule has 0 saturated carbocycles. The Balaban J connectivity index is 1.43. The highest BCUT2D eigenvalue weighted by atomic mass is 16.2. The molecule has 0 heterocycles. The number of benzene rings is 4. The molecule has 5 nitrogen and oxygen atoms in total. The van der Waals surface area contributed by atoms with E-state index in [-0.39, 0.29) is 17.6 Å². The summed E-state index contributed by atoms with van der Waals surface area (Å²) in [5.74, 6) is -1.72. The maximum absolute atomic E-state index is 14.1. The molecule has 4 aromatic carbocycles. The molecule has 1 N–H and O–H groups in total. The molecular weight excluding hydrogens is 472 g/mol. The second-order valence-corrected chi connectivity index (χ2v) is 9.23. The van der Waals surface area contributed by atoms with Crippen molar-refractivity contribution in [1.82, 2.24) is 0 Å². The van der Waals surface area contributed by atoms with Crippen molar-refractivity contribution < 1.29 is 14.4 Å². The minimum absolute atomic E-state index is 0.138. The Morgan fingerprint density at radius 1 is 0.605 bits per heavy atom. The van der Waals surface area contributed by atoms with E-state index >= 15 is 0 Å². The van der Waals surface area contributed by atoms with Gasteiger partial charge in [0.05, 0.1) is 17.5 Å². The van der Waals surface area contributed by atoms with Gasteiger partial charge in [-0.3, -0.25) is 19.3 Å². The van der Waals surface area contributed by atoms with E-state index in [0.29, 0.717) is 29.7 Å². The summed E-state index contributed by atoms with van der Waals surface area (Å²) < 4.78 is 0. The van der Waals surface area contributed by atoms with E-state index < -0.39 is 11.8 Å². The number of allylic oxidation sites excluding steroid dienone is 2. The molecule has 5 heteroatoms. The zero-order valence-electron chi connectivity index (χ0n) is 20.9. The Morgan fingerprint density at radius 3 is 1.71 bits per heavy atom. The molecule has 0 aromatic heterocycles. The zero-order chi connectivity index (χ0) is 26.3. The number of ketones is 1. The van der Waals surface area contributed by atoms with Crippen LogP contribution in [-0.2, 0) is 9.59 Å². The van der Waals surface area contributed by atoms with Crippen molar-refractivity contribution in [3.05, 3.63) is 139 Å². The maximum atomic E-state index is 14.1. The van der Waals surface area contributed by atoms with Crippen LogP contribution in [0.5, 0.6) is 0 Å². The third-order valence-corrected chi connectivity index (χ3v) is 6.80. The van der Waals surface area contributed by atoms with Gasteiger partial charge in [-0.1, -0.05) is 91.0 Å². The molecule has 0 saturated heterocycles. The van der Waals surface area contributed by atoms with Gasteiger partial charge in [0, 0.05) is 22.5 Å². The van der Waals surface area contributed by atoms with Crippen LogP contribution in [0.15, 0.2) is 127 Å². The van der Waals surface area contributed by atoms with Gasteiger partial charge in [-0.2, -0.15) is 0 Å². The first kappa shape index (κ1) is 24.9. The van der Waals surface area contributed by atoms with Crippen molar-refractivity contribution in [1.29, 1.82) is 0 Å². The molecule has 0 fully saturated rings. The molecule has 2 amide bonds. The third kappa shape index (κ3) is 5.32. The molecule has 0 radical (unpaired) electrons. The second kappa shape index (κ2) is 11.5. The largest absolute Gasteiger partial charge is 0.325 e. The number of amides is 2. The van der Waals surface area contributed by atoms with Gasteiger partial charge in [0.25, 0.3) is 0 Å². The molecule has 2 unspecified atom stereocenters. The topological polar surface area (TPSA) is 66.5 Å². The number of carbonyl (C=O) groups excluding carboxylic acids is 3. The van der Waals surface area contributed by atoms with Crippen molar-refractivity contribution >= 4 is 34.7 Å². The minimum atomic E-state index is -0.581. The lowest BCUT2D eigenvalue weighted by atomic mass is 9.81. The molecular formula is C33H28N2O3. The molecule has 5 rings (SSSR count).